The molecule has 0 unspecified atom stereocenters. The molecule has 4 nitrogen and oxygen atoms in total. The van der Waals surface area contributed by atoms with Crippen molar-refractivity contribution in [3.8, 4) is 0 Å². The first-order chi connectivity index (χ1) is 7.56. The molecular formula is C10H16Cl2O4. The van der Waals surface area contributed by atoms with Gasteiger partial charge in [0.2, 0.25) is 6.29 Å². The van der Waals surface area contributed by atoms with Crippen molar-refractivity contribution in [2.24, 2.45) is 0 Å². The highest BCUT2D eigenvalue weighted by atomic mass is 35.5. The van der Waals surface area contributed by atoms with Crippen LogP contribution in [0.5, 0.6) is 0 Å². The van der Waals surface area contributed by atoms with Crippen molar-refractivity contribution >= 4 is 34.1 Å². The van der Waals surface area contributed by atoms with Gasteiger partial charge >= 0.3 is 10.9 Å². The van der Waals surface area contributed by atoms with Crippen molar-refractivity contribution in [2.45, 2.75) is 51.7 Å². The van der Waals surface area contributed by atoms with E-state index in [2.05, 4.69) is 16.4 Å². The van der Waals surface area contributed by atoms with Crippen LogP contribution >= 0.6 is 23.2 Å². The quantitative estimate of drug-likeness (QED) is 0.372. The average molecular weight is 271 g/mol. The van der Waals surface area contributed by atoms with Gasteiger partial charge in [-0.25, -0.2) is 9.59 Å². The second kappa shape index (κ2) is 9.73. The van der Waals surface area contributed by atoms with Gasteiger partial charge in [0.05, 0.1) is 0 Å². The minimum absolute atomic E-state index is 0.417. The zero-order chi connectivity index (χ0) is 12.4. The lowest BCUT2D eigenvalue weighted by atomic mass is 10.1. The molecule has 0 radical (unpaired) electrons. The highest BCUT2D eigenvalue weighted by Gasteiger charge is 2.16. The van der Waals surface area contributed by atoms with Crippen molar-refractivity contribution in [3.05, 3.63) is 0 Å². The zero-order valence-corrected chi connectivity index (χ0v) is 10.7. The molecule has 0 saturated carbocycles. The summed E-state index contributed by atoms with van der Waals surface area (Å²) in [5, 5.41) is 0. The Bertz CT molecular complexity index is 205. The maximum atomic E-state index is 10.5. The van der Waals surface area contributed by atoms with Crippen LogP contribution in [-0.2, 0) is 9.47 Å². The second-order valence-electron chi connectivity index (χ2n) is 3.34. The van der Waals surface area contributed by atoms with E-state index in [1.54, 1.807) is 0 Å². The first-order valence-corrected chi connectivity index (χ1v) is 6.04. The minimum atomic E-state index is -1.00. The van der Waals surface area contributed by atoms with Crippen LogP contribution in [0.25, 0.3) is 0 Å². The predicted molar refractivity (Wildman–Crippen MR) is 61.8 cm³/mol. The topological polar surface area (TPSA) is 52.6 Å². The van der Waals surface area contributed by atoms with Crippen LogP contribution in [0.4, 0.5) is 9.59 Å². The summed E-state index contributed by atoms with van der Waals surface area (Å²) in [6.07, 6.45) is 4.64. The molecule has 0 bridgehead atoms. The van der Waals surface area contributed by atoms with Crippen LogP contribution in [0.1, 0.15) is 45.4 Å². The van der Waals surface area contributed by atoms with Crippen LogP contribution in [0.2, 0.25) is 0 Å². The van der Waals surface area contributed by atoms with Gasteiger partial charge in [-0.05, 0) is 6.42 Å². The summed E-state index contributed by atoms with van der Waals surface area (Å²) in [5.74, 6) is 0. The highest BCUT2D eigenvalue weighted by Crippen LogP contribution is 2.12. The van der Waals surface area contributed by atoms with Crippen LogP contribution < -0.4 is 0 Å². The largest absolute Gasteiger partial charge is 0.413 e. The smallest absolute Gasteiger partial charge is 0.406 e. The fraction of sp³-hybridized carbons (Fsp3) is 0.800. The standard InChI is InChI=1S/C10H16Cl2O4/c1-2-3-4-5-6-7-8(15-9(11)13)16-10(12)14/h8H,2-7H2,1H3. The number of hydrogen-bond acceptors (Lipinski definition) is 4. The summed E-state index contributed by atoms with van der Waals surface area (Å²) in [4.78, 5) is 21.0. The molecule has 0 aliphatic heterocycles. The van der Waals surface area contributed by atoms with E-state index in [9.17, 15) is 9.59 Å². The van der Waals surface area contributed by atoms with Gasteiger partial charge in [0.1, 0.15) is 0 Å². The molecule has 0 saturated heterocycles. The summed E-state index contributed by atoms with van der Waals surface area (Å²) >= 11 is 10.0. The molecule has 0 spiro atoms. The lowest BCUT2D eigenvalue weighted by molar-refractivity contribution is -0.0495. The third-order valence-electron chi connectivity index (χ3n) is 1.99. The van der Waals surface area contributed by atoms with Gasteiger partial charge in [-0.3, -0.25) is 0 Å². The summed E-state index contributed by atoms with van der Waals surface area (Å²) < 4.78 is 9.13. The third kappa shape index (κ3) is 10.1. The molecule has 94 valence electrons. The summed E-state index contributed by atoms with van der Waals surface area (Å²) in [7, 11) is 0. The van der Waals surface area contributed by atoms with Gasteiger partial charge < -0.3 is 9.47 Å². The van der Waals surface area contributed by atoms with Crippen molar-refractivity contribution in [1.82, 2.24) is 0 Å². The Hall–Kier alpha value is -0.480. The Labute approximate surface area is 105 Å². The molecule has 0 rings (SSSR count). The van der Waals surface area contributed by atoms with Gasteiger partial charge in [-0.2, -0.15) is 0 Å². The number of ether oxygens (including phenoxy) is 2. The molecule has 0 N–H and O–H groups in total. The van der Waals surface area contributed by atoms with E-state index in [-0.39, 0.29) is 0 Å². The fourth-order valence-corrected chi connectivity index (χ4v) is 1.46. The summed E-state index contributed by atoms with van der Waals surface area (Å²) in [6.45, 7) is 2.12. The Morgan fingerprint density at radius 2 is 1.50 bits per heavy atom. The van der Waals surface area contributed by atoms with Gasteiger partial charge in [0.15, 0.2) is 0 Å². The molecule has 0 aromatic carbocycles. The lowest BCUT2D eigenvalue weighted by Crippen LogP contribution is -2.19. The monoisotopic (exact) mass is 270 g/mol. The minimum Gasteiger partial charge on any atom is -0.413 e. The SMILES string of the molecule is CCCCCCCC(OC(=O)Cl)OC(=O)Cl. The van der Waals surface area contributed by atoms with Crippen LogP contribution in [0.3, 0.4) is 0 Å². The normalized spacial score (nSPS) is 10.2. The number of rotatable bonds is 8. The second-order valence-corrected chi connectivity index (χ2v) is 3.96. The third-order valence-corrected chi connectivity index (χ3v) is 2.17. The predicted octanol–water partition coefficient (Wildman–Crippen LogP) is 4.42. The lowest BCUT2D eigenvalue weighted by Gasteiger charge is -2.14. The molecule has 0 atom stereocenters. The molecule has 0 fully saturated rings. The first-order valence-electron chi connectivity index (χ1n) is 5.28. The summed E-state index contributed by atoms with van der Waals surface area (Å²) in [5.41, 5.74) is -2.01. The van der Waals surface area contributed by atoms with E-state index in [0.717, 1.165) is 32.1 Å². The molecule has 0 amide bonds. The van der Waals surface area contributed by atoms with Gasteiger partial charge in [0.25, 0.3) is 0 Å². The van der Waals surface area contributed by atoms with Gasteiger partial charge in [-0.15, -0.1) is 0 Å². The van der Waals surface area contributed by atoms with Crippen molar-refractivity contribution in [1.29, 1.82) is 0 Å². The maximum absolute atomic E-state index is 10.5. The Kier molecular flexibility index (Phi) is 9.43. The van der Waals surface area contributed by atoms with E-state index in [4.69, 9.17) is 23.2 Å². The fourth-order valence-electron chi connectivity index (χ4n) is 1.26. The van der Waals surface area contributed by atoms with Crippen molar-refractivity contribution in [3.63, 3.8) is 0 Å². The highest BCUT2D eigenvalue weighted by molar-refractivity contribution is 6.61. The number of carbonyl (C=O) groups is 2. The van der Waals surface area contributed by atoms with E-state index < -0.39 is 17.1 Å². The van der Waals surface area contributed by atoms with Crippen LogP contribution in [0, 0.1) is 0 Å². The molecule has 6 heteroatoms. The Morgan fingerprint density at radius 1 is 1.00 bits per heavy atom. The molecule has 0 heterocycles. The zero-order valence-electron chi connectivity index (χ0n) is 9.21. The Balaban J connectivity index is 3.73. The molecule has 0 aliphatic rings. The van der Waals surface area contributed by atoms with E-state index >= 15 is 0 Å². The van der Waals surface area contributed by atoms with Crippen LogP contribution in [-0.4, -0.2) is 17.1 Å². The molecule has 0 aliphatic carbocycles. The maximum Gasteiger partial charge on any atom is 0.406 e. The van der Waals surface area contributed by atoms with Crippen molar-refractivity contribution < 1.29 is 19.1 Å². The molecule has 0 aromatic rings. The van der Waals surface area contributed by atoms with E-state index in [1.165, 1.54) is 0 Å². The number of halogens is 2. The van der Waals surface area contributed by atoms with Crippen molar-refractivity contribution in [2.75, 3.05) is 0 Å². The number of hydrogen-bond donors (Lipinski definition) is 0. The number of carbonyl (C=O) groups excluding carboxylic acids is 2. The van der Waals surface area contributed by atoms with E-state index in [0.29, 0.717) is 6.42 Å². The first kappa shape index (κ1) is 15.5. The average Bonchev–Trinajstić information content (AvgIpc) is 2.15. The van der Waals surface area contributed by atoms with Gasteiger partial charge in [0, 0.05) is 29.6 Å². The molecule has 0 aromatic heterocycles. The van der Waals surface area contributed by atoms with Crippen LogP contribution in [0.15, 0.2) is 0 Å². The van der Waals surface area contributed by atoms with Gasteiger partial charge in [-0.1, -0.05) is 32.6 Å². The molecule has 16 heavy (non-hydrogen) atoms. The van der Waals surface area contributed by atoms with E-state index in [1.807, 2.05) is 0 Å². The molecular weight excluding hydrogens is 255 g/mol. The summed E-state index contributed by atoms with van der Waals surface area (Å²) in [6, 6.07) is 0. The number of unbranched alkanes of at least 4 members (excludes halogenated alkanes) is 4. The Morgan fingerprint density at radius 3 is 1.94 bits per heavy atom.